The highest BCUT2D eigenvalue weighted by molar-refractivity contribution is 6.30. The zero-order valence-electron chi connectivity index (χ0n) is 11.7. The molecule has 2 N–H and O–H groups in total. The molecule has 0 amide bonds. The summed E-state index contributed by atoms with van der Waals surface area (Å²) in [5.74, 6) is -0.738. The van der Waals surface area contributed by atoms with Crippen molar-refractivity contribution in [3.05, 3.63) is 34.9 Å². The van der Waals surface area contributed by atoms with E-state index in [1.54, 1.807) is 0 Å². The standard InChI is InChI=1S/C15H22ClNO2/c1-15(2,10-14(18)19)9-8-13(17-3)11-4-6-12(16)7-5-11/h4-7,13,17H,8-10H2,1-3H3,(H,18,19). The second-order valence-electron chi connectivity index (χ2n) is 5.67. The van der Waals surface area contributed by atoms with Gasteiger partial charge < -0.3 is 10.4 Å². The van der Waals surface area contributed by atoms with Crippen molar-refractivity contribution in [1.82, 2.24) is 5.32 Å². The van der Waals surface area contributed by atoms with Crippen LogP contribution in [0, 0.1) is 5.41 Å². The van der Waals surface area contributed by atoms with Gasteiger partial charge >= 0.3 is 5.97 Å². The Kier molecular flexibility index (Phi) is 5.83. The van der Waals surface area contributed by atoms with E-state index in [1.807, 2.05) is 45.2 Å². The normalized spacial score (nSPS) is 13.3. The van der Waals surface area contributed by atoms with Gasteiger partial charge in [-0.15, -0.1) is 0 Å². The molecule has 0 saturated carbocycles. The molecule has 4 heteroatoms. The maximum Gasteiger partial charge on any atom is 0.303 e. The van der Waals surface area contributed by atoms with E-state index in [2.05, 4.69) is 5.32 Å². The Morgan fingerprint density at radius 2 is 1.95 bits per heavy atom. The molecule has 106 valence electrons. The summed E-state index contributed by atoms with van der Waals surface area (Å²) in [4.78, 5) is 10.8. The first kappa shape index (κ1) is 16.0. The molecule has 0 fully saturated rings. The molecular formula is C15H22ClNO2. The number of hydrogen-bond donors (Lipinski definition) is 2. The van der Waals surface area contributed by atoms with E-state index in [1.165, 1.54) is 5.56 Å². The lowest BCUT2D eigenvalue weighted by molar-refractivity contribution is -0.139. The Labute approximate surface area is 120 Å². The lowest BCUT2D eigenvalue weighted by Crippen LogP contribution is -2.22. The Hall–Kier alpha value is -1.06. The molecule has 1 atom stereocenters. The van der Waals surface area contributed by atoms with Crippen LogP contribution in [0.4, 0.5) is 0 Å². The highest BCUT2D eigenvalue weighted by Gasteiger charge is 2.23. The summed E-state index contributed by atoms with van der Waals surface area (Å²) >= 11 is 5.88. The predicted octanol–water partition coefficient (Wildman–Crippen LogP) is 3.88. The summed E-state index contributed by atoms with van der Waals surface area (Å²) < 4.78 is 0. The molecule has 19 heavy (non-hydrogen) atoms. The van der Waals surface area contributed by atoms with Crippen LogP contribution in [0.1, 0.15) is 44.7 Å². The lowest BCUT2D eigenvalue weighted by atomic mass is 9.82. The summed E-state index contributed by atoms with van der Waals surface area (Å²) in [6.45, 7) is 3.99. The van der Waals surface area contributed by atoms with Gasteiger partial charge in [-0.25, -0.2) is 0 Å². The molecule has 1 unspecified atom stereocenters. The van der Waals surface area contributed by atoms with Crippen LogP contribution in [0.3, 0.4) is 0 Å². The molecule has 0 aromatic heterocycles. The first-order chi connectivity index (χ1) is 8.84. The topological polar surface area (TPSA) is 49.3 Å². The molecule has 0 spiro atoms. The van der Waals surface area contributed by atoms with Crippen molar-refractivity contribution in [1.29, 1.82) is 0 Å². The van der Waals surface area contributed by atoms with E-state index >= 15 is 0 Å². The van der Waals surface area contributed by atoms with Crippen LogP contribution in [-0.4, -0.2) is 18.1 Å². The van der Waals surface area contributed by atoms with Gasteiger partial charge in [0.05, 0.1) is 6.42 Å². The molecule has 0 bridgehead atoms. The average Bonchev–Trinajstić information content (AvgIpc) is 2.30. The molecule has 1 rings (SSSR count). The highest BCUT2D eigenvalue weighted by Crippen LogP contribution is 2.31. The van der Waals surface area contributed by atoms with E-state index in [0.29, 0.717) is 0 Å². The van der Waals surface area contributed by atoms with Crippen molar-refractivity contribution in [3.63, 3.8) is 0 Å². The fourth-order valence-corrected chi connectivity index (χ4v) is 2.33. The smallest absolute Gasteiger partial charge is 0.303 e. The van der Waals surface area contributed by atoms with Crippen LogP contribution in [0.25, 0.3) is 0 Å². The molecule has 0 radical (unpaired) electrons. The zero-order valence-corrected chi connectivity index (χ0v) is 12.5. The van der Waals surface area contributed by atoms with Crippen molar-refractivity contribution < 1.29 is 9.90 Å². The first-order valence-electron chi connectivity index (χ1n) is 6.48. The summed E-state index contributed by atoms with van der Waals surface area (Å²) in [7, 11) is 1.92. The number of benzene rings is 1. The van der Waals surface area contributed by atoms with Crippen LogP contribution < -0.4 is 5.32 Å². The minimum Gasteiger partial charge on any atom is -0.481 e. The third-order valence-corrected chi connectivity index (χ3v) is 3.61. The minimum absolute atomic E-state index is 0.187. The number of hydrogen-bond acceptors (Lipinski definition) is 2. The molecule has 0 aliphatic rings. The van der Waals surface area contributed by atoms with Crippen LogP contribution in [-0.2, 0) is 4.79 Å². The molecule has 0 aliphatic carbocycles. The monoisotopic (exact) mass is 283 g/mol. The molecule has 0 heterocycles. The van der Waals surface area contributed by atoms with Crippen LogP contribution >= 0.6 is 11.6 Å². The molecular weight excluding hydrogens is 262 g/mol. The van der Waals surface area contributed by atoms with Gasteiger partial charge in [-0.1, -0.05) is 37.6 Å². The SMILES string of the molecule is CNC(CCC(C)(C)CC(=O)O)c1ccc(Cl)cc1. The number of halogens is 1. The number of nitrogens with one attached hydrogen (secondary N) is 1. The fraction of sp³-hybridized carbons (Fsp3) is 0.533. The van der Waals surface area contributed by atoms with Crippen LogP contribution in [0.2, 0.25) is 5.02 Å². The van der Waals surface area contributed by atoms with Crippen LogP contribution in [0.5, 0.6) is 0 Å². The van der Waals surface area contributed by atoms with Gasteiger partial charge in [-0.3, -0.25) is 4.79 Å². The van der Waals surface area contributed by atoms with E-state index in [0.717, 1.165) is 17.9 Å². The summed E-state index contributed by atoms with van der Waals surface area (Å²) in [6, 6.07) is 8.00. The number of rotatable bonds is 7. The van der Waals surface area contributed by atoms with Gasteiger partial charge in [-0.05, 0) is 43.0 Å². The predicted molar refractivity (Wildman–Crippen MR) is 78.5 cm³/mol. The second kappa shape index (κ2) is 6.92. The number of carbonyl (C=O) groups is 1. The average molecular weight is 284 g/mol. The van der Waals surface area contributed by atoms with Crippen LogP contribution in [0.15, 0.2) is 24.3 Å². The van der Waals surface area contributed by atoms with Crippen molar-refractivity contribution >= 4 is 17.6 Å². The van der Waals surface area contributed by atoms with Gasteiger partial charge in [0.1, 0.15) is 0 Å². The summed E-state index contributed by atoms with van der Waals surface area (Å²) in [5, 5.41) is 12.9. The minimum atomic E-state index is -0.738. The molecule has 3 nitrogen and oxygen atoms in total. The quantitative estimate of drug-likeness (QED) is 0.798. The third kappa shape index (κ3) is 5.62. The van der Waals surface area contributed by atoms with E-state index in [4.69, 9.17) is 16.7 Å². The van der Waals surface area contributed by atoms with Gasteiger partial charge in [0.25, 0.3) is 0 Å². The Morgan fingerprint density at radius 3 is 2.42 bits per heavy atom. The Morgan fingerprint density at radius 1 is 1.37 bits per heavy atom. The van der Waals surface area contributed by atoms with Gasteiger partial charge in [-0.2, -0.15) is 0 Å². The molecule has 0 saturated heterocycles. The summed E-state index contributed by atoms with van der Waals surface area (Å²) in [6.07, 6.45) is 1.95. The maximum absolute atomic E-state index is 10.8. The Balaban J connectivity index is 2.62. The van der Waals surface area contributed by atoms with Crippen molar-refractivity contribution in [2.24, 2.45) is 5.41 Å². The van der Waals surface area contributed by atoms with E-state index in [9.17, 15) is 4.79 Å². The van der Waals surface area contributed by atoms with E-state index < -0.39 is 5.97 Å². The molecule has 0 aliphatic heterocycles. The maximum atomic E-state index is 10.8. The summed E-state index contributed by atoms with van der Waals surface area (Å²) in [5.41, 5.74) is 0.992. The first-order valence-corrected chi connectivity index (χ1v) is 6.86. The fourth-order valence-electron chi connectivity index (χ4n) is 2.21. The van der Waals surface area contributed by atoms with Crippen molar-refractivity contribution in [2.45, 2.75) is 39.2 Å². The molecule has 1 aromatic rings. The zero-order chi connectivity index (χ0) is 14.5. The molecule has 1 aromatic carbocycles. The number of carboxylic acid groups (broad SMARTS) is 1. The highest BCUT2D eigenvalue weighted by atomic mass is 35.5. The second-order valence-corrected chi connectivity index (χ2v) is 6.10. The largest absolute Gasteiger partial charge is 0.481 e. The number of aliphatic carboxylic acids is 1. The van der Waals surface area contributed by atoms with Gasteiger partial charge in [0.2, 0.25) is 0 Å². The van der Waals surface area contributed by atoms with Crippen molar-refractivity contribution in [3.8, 4) is 0 Å². The third-order valence-electron chi connectivity index (χ3n) is 3.36. The van der Waals surface area contributed by atoms with E-state index in [-0.39, 0.29) is 17.9 Å². The lowest BCUT2D eigenvalue weighted by Gasteiger charge is -2.25. The van der Waals surface area contributed by atoms with Gasteiger partial charge in [0, 0.05) is 11.1 Å². The van der Waals surface area contributed by atoms with Crippen molar-refractivity contribution in [2.75, 3.05) is 7.05 Å². The van der Waals surface area contributed by atoms with Gasteiger partial charge in [0.15, 0.2) is 0 Å². The Bertz CT molecular complexity index is 415. The number of carboxylic acids is 1.